The first kappa shape index (κ1) is 16.5. The zero-order chi connectivity index (χ0) is 14.5. The van der Waals surface area contributed by atoms with Gasteiger partial charge in [0.2, 0.25) is 0 Å². The van der Waals surface area contributed by atoms with Crippen LogP contribution >= 0.6 is 15.9 Å². The van der Waals surface area contributed by atoms with Gasteiger partial charge in [0.05, 0.1) is 7.11 Å². The Morgan fingerprint density at radius 2 is 2.05 bits per heavy atom. The van der Waals surface area contributed by atoms with E-state index in [2.05, 4.69) is 61.1 Å². The topological polar surface area (TPSA) is 21.3 Å². The van der Waals surface area contributed by atoms with E-state index < -0.39 is 0 Å². The van der Waals surface area contributed by atoms with E-state index in [0.717, 1.165) is 29.6 Å². The third kappa shape index (κ3) is 5.53. The molecule has 2 nitrogen and oxygen atoms in total. The van der Waals surface area contributed by atoms with Gasteiger partial charge in [-0.2, -0.15) is 0 Å². The smallest absolute Gasteiger partial charge is 0.119 e. The normalized spacial score (nSPS) is 13.4. The Hall–Kier alpha value is -0.540. The third-order valence-electron chi connectivity index (χ3n) is 3.33. The second-order valence-corrected chi connectivity index (χ2v) is 6.82. The lowest BCUT2D eigenvalue weighted by Gasteiger charge is -2.29. The van der Waals surface area contributed by atoms with E-state index in [1.54, 1.807) is 7.11 Å². The van der Waals surface area contributed by atoms with E-state index in [4.69, 9.17) is 4.74 Å². The number of nitrogens with one attached hydrogen (secondary N) is 1. The zero-order valence-electron chi connectivity index (χ0n) is 12.7. The fraction of sp³-hybridized carbons (Fsp3) is 0.625. The molecular formula is C16H26BrNO. The van der Waals surface area contributed by atoms with Crippen LogP contribution in [-0.2, 0) is 6.42 Å². The molecule has 0 aliphatic carbocycles. The summed E-state index contributed by atoms with van der Waals surface area (Å²) in [6, 6.07) is 6.73. The first-order valence-corrected chi connectivity index (χ1v) is 7.73. The molecule has 0 saturated carbocycles. The van der Waals surface area contributed by atoms with Gasteiger partial charge in [0.15, 0.2) is 0 Å². The van der Waals surface area contributed by atoms with Crippen LogP contribution in [0.4, 0.5) is 0 Å². The van der Waals surface area contributed by atoms with Crippen molar-refractivity contribution in [3.63, 3.8) is 0 Å². The lowest BCUT2D eigenvalue weighted by molar-refractivity contribution is 0.288. The molecule has 108 valence electrons. The SMILES string of the molecule is CCNC(C)CC(C)(C)Cc1cc(OC)ccc1Br. The Balaban J connectivity index is 2.76. The van der Waals surface area contributed by atoms with E-state index in [9.17, 15) is 0 Å². The van der Waals surface area contributed by atoms with Crippen molar-refractivity contribution in [2.24, 2.45) is 5.41 Å². The molecular weight excluding hydrogens is 302 g/mol. The molecule has 1 aromatic carbocycles. The predicted octanol–water partition coefficient (Wildman–Crippen LogP) is 4.41. The van der Waals surface area contributed by atoms with Crippen molar-refractivity contribution in [1.82, 2.24) is 5.32 Å². The van der Waals surface area contributed by atoms with Gasteiger partial charge < -0.3 is 10.1 Å². The van der Waals surface area contributed by atoms with Crippen LogP contribution in [-0.4, -0.2) is 19.7 Å². The summed E-state index contributed by atoms with van der Waals surface area (Å²) in [6.45, 7) is 10.1. The molecule has 0 aromatic heterocycles. The van der Waals surface area contributed by atoms with Crippen LogP contribution in [0.3, 0.4) is 0 Å². The summed E-state index contributed by atoms with van der Waals surface area (Å²) in [7, 11) is 1.71. The van der Waals surface area contributed by atoms with Crippen LogP contribution in [0.1, 0.15) is 39.7 Å². The minimum Gasteiger partial charge on any atom is -0.497 e. The van der Waals surface area contributed by atoms with Crippen molar-refractivity contribution in [3.05, 3.63) is 28.2 Å². The van der Waals surface area contributed by atoms with Crippen molar-refractivity contribution in [1.29, 1.82) is 0 Å². The van der Waals surface area contributed by atoms with Gasteiger partial charge in [-0.3, -0.25) is 0 Å². The number of methoxy groups -OCH3 is 1. The highest BCUT2D eigenvalue weighted by Gasteiger charge is 2.22. The zero-order valence-corrected chi connectivity index (χ0v) is 14.3. The monoisotopic (exact) mass is 327 g/mol. The highest BCUT2D eigenvalue weighted by Crippen LogP contribution is 2.32. The number of hydrogen-bond acceptors (Lipinski definition) is 2. The van der Waals surface area contributed by atoms with Crippen LogP contribution in [0.5, 0.6) is 5.75 Å². The van der Waals surface area contributed by atoms with Crippen molar-refractivity contribution in [3.8, 4) is 5.75 Å². The van der Waals surface area contributed by atoms with Gasteiger partial charge in [-0.05, 0) is 55.5 Å². The number of hydrogen-bond donors (Lipinski definition) is 1. The fourth-order valence-electron chi connectivity index (χ4n) is 2.65. The third-order valence-corrected chi connectivity index (χ3v) is 4.11. The molecule has 1 atom stereocenters. The van der Waals surface area contributed by atoms with Gasteiger partial charge >= 0.3 is 0 Å². The average Bonchev–Trinajstić information content (AvgIpc) is 2.31. The van der Waals surface area contributed by atoms with Crippen LogP contribution in [0.15, 0.2) is 22.7 Å². The summed E-state index contributed by atoms with van der Waals surface area (Å²) < 4.78 is 6.48. The summed E-state index contributed by atoms with van der Waals surface area (Å²) >= 11 is 3.64. The van der Waals surface area contributed by atoms with Crippen LogP contribution in [0.2, 0.25) is 0 Å². The van der Waals surface area contributed by atoms with Gasteiger partial charge in [-0.25, -0.2) is 0 Å². The Morgan fingerprint density at radius 1 is 1.37 bits per heavy atom. The molecule has 3 heteroatoms. The number of benzene rings is 1. The summed E-state index contributed by atoms with van der Waals surface area (Å²) in [4.78, 5) is 0. The van der Waals surface area contributed by atoms with Gasteiger partial charge in [-0.1, -0.05) is 36.7 Å². The van der Waals surface area contributed by atoms with Crippen molar-refractivity contribution >= 4 is 15.9 Å². The Morgan fingerprint density at radius 3 is 2.63 bits per heavy atom. The average molecular weight is 328 g/mol. The number of halogens is 1. The number of ether oxygens (including phenoxy) is 1. The van der Waals surface area contributed by atoms with E-state index in [0.29, 0.717) is 6.04 Å². The molecule has 0 heterocycles. The maximum atomic E-state index is 5.31. The Kier molecular flexibility index (Phi) is 6.34. The van der Waals surface area contributed by atoms with Gasteiger partial charge in [-0.15, -0.1) is 0 Å². The highest BCUT2D eigenvalue weighted by atomic mass is 79.9. The maximum Gasteiger partial charge on any atom is 0.119 e. The molecule has 19 heavy (non-hydrogen) atoms. The maximum absolute atomic E-state index is 5.31. The molecule has 1 aromatic rings. The molecule has 1 N–H and O–H groups in total. The largest absolute Gasteiger partial charge is 0.497 e. The first-order valence-electron chi connectivity index (χ1n) is 6.93. The van der Waals surface area contributed by atoms with Crippen LogP contribution in [0, 0.1) is 5.41 Å². The summed E-state index contributed by atoms with van der Waals surface area (Å²) in [5, 5.41) is 3.49. The molecule has 0 aliphatic heterocycles. The number of rotatable bonds is 7. The van der Waals surface area contributed by atoms with Crippen LogP contribution in [0.25, 0.3) is 0 Å². The molecule has 1 unspecified atom stereocenters. The fourth-order valence-corrected chi connectivity index (χ4v) is 3.04. The summed E-state index contributed by atoms with van der Waals surface area (Å²) in [5.74, 6) is 0.925. The molecule has 0 spiro atoms. The lowest BCUT2D eigenvalue weighted by Crippen LogP contribution is -2.32. The molecule has 0 saturated heterocycles. The molecule has 0 radical (unpaired) electrons. The van der Waals surface area contributed by atoms with Gasteiger partial charge in [0, 0.05) is 10.5 Å². The minimum absolute atomic E-state index is 0.260. The minimum atomic E-state index is 0.260. The molecule has 0 amide bonds. The standard InChI is InChI=1S/C16H26BrNO/c1-6-18-12(2)10-16(3,4)11-13-9-14(19-5)7-8-15(13)17/h7-9,12,18H,6,10-11H2,1-5H3. The van der Waals surface area contributed by atoms with Gasteiger partial charge in [0.25, 0.3) is 0 Å². The second-order valence-electron chi connectivity index (χ2n) is 5.96. The van der Waals surface area contributed by atoms with Crippen molar-refractivity contribution in [2.75, 3.05) is 13.7 Å². The first-order chi connectivity index (χ1) is 8.88. The summed E-state index contributed by atoms with van der Waals surface area (Å²) in [5.41, 5.74) is 1.57. The van der Waals surface area contributed by atoms with E-state index in [1.807, 2.05) is 6.07 Å². The molecule has 0 aliphatic rings. The second kappa shape index (κ2) is 7.30. The quantitative estimate of drug-likeness (QED) is 0.800. The molecule has 0 bridgehead atoms. The lowest BCUT2D eigenvalue weighted by atomic mass is 9.80. The van der Waals surface area contributed by atoms with E-state index >= 15 is 0 Å². The Bertz CT molecular complexity index is 404. The van der Waals surface area contributed by atoms with Gasteiger partial charge in [0.1, 0.15) is 5.75 Å². The van der Waals surface area contributed by atoms with E-state index in [-0.39, 0.29) is 5.41 Å². The van der Waals surface area contributed by atoms with Crippen LogP contribution < -0.4 is 10.1 Å². The van der Waals surface area contributed by atoms with Crippen molar-refractivity contribution < 1.29 is 4.74 Å². The van der Waals surface area contributed by atoms with Crippen molar-refractivity contribution in [2.45, 2.75) is 46.6 Å². The molecule has 0 fully saturated rings. The summed E-state index contributed by atoms with van der Waals surface area (Å²) in [6.07, 6.45) is 2.20. The Labute approximate surface area is 126 Å². The predicted molar refractivity (Wildman–Crippen MR) is 85.9 cm³/mol. The molecule has 1 rings (SSSR count). The highest BCUT2D eigenvalue weighted by molar-refractivity contribution is 9.10. The van der Waals surface area contributed by atoms with E-state index in [1.165, 1.54) is 5.56 Å².